The molecule has 0 aromatic rings. The van der Waals surface area contributed by atoms with Crippen molar-refractivity contribution >= 4 is 5.94 Å². The minimum absolute atomic E-state index is 0.446. The molecule has 0 spiro atoms. The van der Waals surface area contributed by atoms with Crippen molar-refractivity contribution < 1.29 is 4.79 Å². The molecule has 0 aliphatic carbocycles. The summed E-state index contributed by atoms with van der Waals surface area (Å²) in [5.41, 5.74) is 1.08. The van der Waals surface area contributed by atoms with Crippen LogP contribution in [-0.4, -0.2) is 19.0 Å². The topological polar surface area (TPSA) is 41.1 Å². The van der Waals surface area contributed by atoms with E-state index in [1.54, 1.807) is 5.94 Å². The summed E-state index contributed by atoms with van der Waals surface area (Å²) in [5, 5.41) is 5.78. The number of rotatable bonds is 0. The third-order valence-electron chi connectivity index (χ3n) is 1.17. The number of piperazine rings is 1. The van der Waals surface area contributed by atoms with E-state index >= 15 is 0 Å². The molecular formula is C6H8N2O. The Labute approximate surface area is 53.4 Å². The lowest BCUT2D eigenvalue weighted by atomic mass is 10.3. The Bertz CT molecular complexity index is 179. The van der Waals surface area contributed by atoms with Gasteiger partial charge in [0.05, 0.1) is 5.70 Å². The van der Waals surface area contributed by atoms with E-state index in [0.29, 0.717) is 11.4 Å². The third kappa shape index (κ3) is 1.12. The Morgan fingerprint density at radius 3 is 2.56 bits per heavy atom. The van der Waals surface area contributed by atoms with Crippen molar-refractivity contribution in [2.24, 2.45) is 0 Å². The largest absolute Gasteiger partial charge is 0.381 e. The van der Waals surface area contributed by atoms with Gasteiger partial charge in [0, 0.05) is 13.1 Å². The number of hydrogen-bond donors (Lipinski definition) is 2. The highest BCUT2D eigenvalue weighted by Gasteiger charge is 2.06. The fourth-order valence-electron chi connectivity index (χ4n) is 0.694. The second-order valence-electron chi connectivity index (χ2n) is 1.81. The summed E-state index contributed by atoms with van der Waals surface area (Å²) >= 11 is 0. The van der Waals surface area contributed by atoms with Crippen LogP contribution in [0.3, 0.4) is 0 Å². The molecule has 0 atom stereocenters. The minimum atomic E-state index is 0.446. The zero-order valence-electron chi connectivity index (χ0n) is 5.03. The van der Waals surface area contributed by atoms with E-state index in [1.165, 1.54) is 0 Å². The van der Waals surface area contributed by atoms with Crippen LogP contribution in [-0.2, 0) is 4.79 Å². The standard InChI is InChI=1S/C6H8N2O/c1-5-6(4-9)8-3-2-7-5/h7-8H,1-3H2. The Morgan fingerprint density at radius 2 is 2.11 bits per heavy atom. The van der Waals surface area contributed by atoms with Gasteiger partial charge in [0.2, 0.25) is 0 Å². The average Bonchev–Trinajstić information content (AvgIpc) is 1.89. The zero-order valence-corrected chi connectivity index (χ0v) is 5.03. The smallest absolute Gasteiger partial charge is 0.152 e. The van der Waals surface area contributed by atoms with E-state index in [2.05, 4.69) is 17.2 Å². The van der Waals surface area contributed by atoms with Gasteiger partial charge < -0.3 is 10.6 Å². The summed E-state index contributed by atoms with van der Waals surface area (Å²) in [6.07, 6.45) is 0. The molecule has 2 N–H and O–H groups in total. The predicted molar refractivity (Wildman–Crippen MR) is 34.4 cm³/mol. The van der Waals surface area contributed by atoms with Gasteiger partial charge in [0.25, 0.3) is 0 Å². The van der Waals surface area contributed by atoms with Crippen molar-refractivity contribution in [1.82, 2.24) is 10.6 Å². The van der Waals surface area contributed by atoms with E-state index in [9.17, 15) is 4.79 Å². The SMILES string of the molecule is C=C1NCCNC1=C=O. The van der Waals surface area contributed by atoms with Crippen LogP contribution >= 0.6 is 0 Å². The van der Waals surface area contributed by atoms with Crippen LogP contribution in [0.4, 0.5) is 0 Å². The molecule has 3 nitrogen and oxygen atoms in total. The van der Waals surface area contributed by atoms with E-state index in [-0.39, 0.29) is 0 Å². The van der Waals surface area contributed by atoms with Crippen molar-refractivity contribution in [2.75, 3.05) is 13.1 Å². The van der Waals surface area contributed by atoms with Crippen LogP contribution in [0.25, 0.3) is 0 Å². The second-order valence-corrected chi connectivity index (χ2v) is 1.81. The van der Waals surface area contributed by atoms with Crippen molar-refractivity contribution in [3.8, 4) is 0 Å². The summed E-state index contributed by atoms with van der Waals surface area (Å²) in [4.78, 5) is 10.0. The van der Waals surface area contributed by atoms with Crippen molar-refractivity contribution in [3.05, 3.63) is 18.0 Å². The highest BCUT2D eigenvalue weighted by Crippen LogP contribution is 1.97. The lowest BCUT2D eigenvalue weighted by Crippen LogP contribution is -2.36. The number of carbonyl (C=O) groups excluding carboxylic acids is 1. The van der Waals surface area contributed by atoms with Gasteiger partial charge in [-0.3, -0.25) is 0 Å². The molecule has 0 unspecified atom stereocenters. The van der Waals surface area contributed by atoms with Crippen molar-refractivity contribution in [1.29, 1.82) is 0 Å². The molecule has 0 radical (unpaired) electrons. The molecule has 0 amide bonds. The maximum absolute atomic E-state index is 10.0. The lowest BCUT2D eigenvalue weighted by molar-refractivity contribution is 0.560. The number of hydrogen-bond acceptors (Lipinski definition) is 3. The van der Waals surface area contributed by atoms with E-state index in [1.807, 2.05) is 0 Å². The highest BCUT2D eigenvalue weighted by atomic mass is 16.1. The van der Waals surface area contributed by atoms with Crippen LogP contribution in [0.5, 0.6) is 0 Å². The van der Waals surface area contributed by atoms with Gasteiger partial charge in [0.1, 0.15) is 5.70 Å². The normalized spacial score (nSPS) is 17.8. The Morgan fingerprint density at radius 1 is 1.44 bits per heavy atom. The Kier molecular flexibility index (Phi) is 1.56. The maximum Gasteiger partial charge on any atom is 0.152 e. The first-order valence-electron chi connectivity index (χ1n) is 2.76. The van der Waals surface area contributed by atoms with Crippen LogP contribution in [0, 0.1) is 0 Å². The quantitative estimate of drug-likeness (QED) is 0.424. The van der Waals surface area contributed by atoms with Gasteiger partial charge in [-0.05, 0) is 0 Å². The van der Waals surface area contributed by atoms with Crippen LogP contribution in [0.2, 0.25) is 0 Å². The molecule has 1 saturated heterocycles. The van der Waals surface area contributed by atoms with Gasteiger partial charge in [-0.25, -0.2) is 4.79 Å². The molecule has 9 heavy (non-hydrogen) atoms. The van der Waals surface area contributed by atoms with Crippen LogP contribution in [0.15, 0.2) is 18.0 Å². The zero-order chi connectivity index (χ0) is 6.69. The Hall–Kier alpha value is -1.21. The van der Waals surface area contributed by atoms with Crippen LogP contribution in [0.1, 0.15) is 0 Å². The first-order chi connectivity index (χ1) is 4.34. The molecule has 0 aromatic heterocycles. The molecule has 0 bridgehead atoms. The highest BCUT2D eigenvalue weighted by molar-refractivity contribution is 5.59. The molecule has 1 heterocycles. The fraction of sp³-hybridized carbons (Fsp3) is 0.333. The van der Waals surface area contributed by atoms with Crippen molar-refractivity contribution in [2.45, 2.75) is 0 Å². The first kappa shape index (κ1) is 5.92. The predicted octanol–water partition coefficient (Wildman–Crippen LogP) is -0.592. The van der Waals surface area contributed by atoms with Gasteiger partial charge in [-0.2, -0.15) is 0 Å². The molecule has 1 rings (SSSR count). The molecule has 1 aliphatic heterocycles. The Balaban J connectivity index is 2.71. The van der Waals surface area contributed by atoms with Gasteiger partial charge >= 0.3 is 0 Å². The monoisotopic (exact) mass is 124 g/mol. The molecule has 1 aliphatic rings. The summed E-state index contributed by atoms with van der Waals surface area (Å²) in [5.74, 6) is 1.75. The lowest BCUT2D eigenvalue weighted by Gasteiger charge is -2.17. The molecule has 48 valence electrons. The van der Waals surface area contributed by atoms with Crippen LogP contribution < -0.4 is 10.6 Å². The molecule has 1 fully saturated rings. The molecule has 0 saturated carbocycles. The third-order valence-corrected chi connectivity index (χ3v) is 1.17. The van der Waals surface area contributed by atoms with Gasteiger partial charge in [-0.1, -0.05) is 6.58 Å². The average molecular weight is 124 g/mol. The summed E-state index contributed by atoms with van der Waals surface area (Å²) < 4.78 is 0. The minimum Gasteiger partial charge on any atom is -0.381 e. The molecular weight excluding hydrogens is 116 g/mol. The number of nitrogens with one attached hydrogen (secondary N) is 2. The summed E-state index contributed by atoms with van der Waals surface area (Å²) in [6, 6.07) is 0. The van der Waals surface area contributed by atoms with E-state index in [4.69, 9.17) is 0 Å². The first-order valence-corrected chi connectivity index (χ1v) is 2.76. The van der Waals surface area contributed by atoms with Gasteiger partial charge in [0.15, 0.2) is 5.94 Å². The summed E-state index contributed by atoms with van der Waals surface area (Å²) in [6.45, 7) is 5.18. The van der Waals surface area contributed by atoms with Crippen molar-refractivity contribution in [3.63, 3.8) is 0 Å². The second kappa shape index (κ2) is 2.37. The fourth-order valence-corrected chi connectivity index (χ4v) is 0.694. The molecule has 0 aromatic carbocycles. The summed E-state index contributed by atoms with van der Waals surface area (Å²) in [7, 11) is 0. The van der Waals surface area contributed by atoms with E-state index < -0.39 is 0 Å². The molecule has 3 heteroatoms. The van der Waals surface area contributed by atoms with E-state index in [0.717, 1.165) is 13.1 Å². The maximum atomic E-state index is 10.0. The van der Waals surface area contributed by atoms with Gasteiger partial charge in [-0.15, -0.1) is 0 Å².